The molecule has 0 saturated carbocycles. The molecule has 3 heteroatoms. The first-order chi connectivity index (χ1) is 4.20. The summed E-state index contributed by atoms with van der Waals surface area (Å²) < 4.78 is 0. The summed E-state index contributed by atoms with van der Waals surface area (Å²) in [5.41, 5.74) is 0. The summed E-state index contributed by atoms with van der Waals surface area (Å²) >= 11 is 0. The molecule has 0 aliphatic heterocycles. The topological polar surface area (TPSA) is 50.8 Å². The molecule has 0 aliphatic carbocycles. The van der Waals surface area contributed by atoms with E-state index in [2.05, 4.69) is 0 Å². The molecule has 0 rings (SSSR count). The summed E-state index contributed by atoms with van der Waals surface area (Å²) in [7, 11) is 3.67. The van der Waals surface area contributed by atoms with Crippen LogP contribution >= 0.6 is 0 Å². The Kier molecular flexibility index (Phi) is 3.43. The number of rotatable bonds is 2. The molecule has 0 saturated heterocycles. The predicted octanol–water partition coefficient (Wildman–Crippen LogP) is 0.211. The van der Waals surface area contributed by atoms with Gasteiger partial charge in [-0.2, -0.15) is 10.5 Å². The maximum Gasteiger partial charge on any atom is 0.145 e. The van der Waals surface area contributed by atoms with Crippen LogP contribution in [0.1, 0.15) is 0 Å². The van der Waals surface area contributed by atoms with Crippen molar-refractivity contribution in [3.05, 3.63) is 0 Å². The molecule has 0 fully saturated rings. The second-order valence-electron chi connectivity index (χ2n) is 2.07. The highest BCUT2D eigenvalue weighted by molar-refractivity contribution is 4.99. The van der Waals surface area contributed by atoms with Crippen LogP contribution in [0.15, 0.2) is 0 Å². The van der Waals surface area contributed by atoms with Gasteiger partial charge in [-0.3, -0.25) is 0 Å². The van der Waals surface area contributed by atoms with Gasteiger partial charge in [-0.25, -0.2) is 0 Å². The summed E-state index contributed by atoms with van der Waals surface area (Å²) in [5.74, 6) is -0.486. The van der Waals surface area contributed by atoms with E-state index in [1.54, 1.807) is 0 Å². The molecule has 0 aromatic rings. The molecule has 0 unspecified atom stereocenters. The average Bonchev–Trinajstić information content (AvgIpc) is 1.82. The Morgan fingerprint density at radius 1 is 1.33 bits per heavy atom. The van der Waals surface area contributed by atoms with Gasteiger partial charge in [0.05, 0.1) is 12.1 Å². The monoisotopic (exact) mass is 123 g/mol. The first-order valence-electron chi connectivity index (χ1n) is 2.64. The number of hydrogen-bond acceptors (Lipinski definition) is 3. The van der Waals surface area contributed by atoms with E-state index >= 15 is 0 Å². The molecule has 0 atom stereocenters. The SMILES string of the molecule is CN(C)CC(C#N)C#N. The minimum atomic E-state index is -0.486. The molecule has 0 N–H and O–H groups in total. The van der Waals surface area contributed by atoms with Crippen molar-refractivity contribution in [1.29, 1.82) is 10.5 Å². The van der Waals surface area contributed by atoms with Crippen molar-refractivity contribution in [2.75, 3.05) is 20.6 Å². The molecule has 0 aromatic heterocycles. The number of nitriles is 2. The Balaban J connectivity index is 3.64. The third-order valence-corrected chi connectivity index (χ3v) is 0.859. The van der Waals surface area contributed by atoms with E-state index in [4.69, 9.17) is 10.5 Å². The summed E-state index contributed by atoms with van der Waals surface area (Å²) in [6.45, 7) is 0.521. The first-order valence-corrected chi connectivity index (χ1v) is 2.64. The van der Waals surface area contributed by atoms with Crippen LogP contribution in [0.2, 0.25) is 0 Å². The highest BCUT2D eigenvalue weighted by Gasteiger charge is 2.04. The Bertz CT molecular complexity index is 135. The van der Waals surface area contributed by atoms with Crippen molar-refractivity contribution >= 4 is 0 Å². The Hall–Kier alpha value is -1.06. The fraction of sp³-hybridized carbons (Fsp3) is 0.667. The van der Waals surface area contributed by atoms with Crippen molar-refractivity contribution in [2.24, 2.45) is 5.92 Å². The Morgan fingerprint density at radius 3 is 1.89 bits per heavy atom. The maximum atomic E-state index is 8.28. The molecule has 0 aromatic carbocycles. The minimum absolute atomic E-state index is 0.486. The molecule has 48 valence electrons. The Morgan fingerprint density at radius 2 is 1.78 bits per heavy atom. The summed E-state index contributed by atoms with van der Waals surface area (Å²) in [4.78, 5) is 1.82. The van der Waals surface area contributed by atoms with Gasteiger partial charge >= 0.3 is 0 Å². The van der Waals surface area contributed by atoms with Crippen molar-refractivity contribution in [1.82, 2.24) is 4.90 Å². The molecular formula is C6H9N3. The van der Waals surface area contributed by atoms with Gasteiger partial charge < -0.3 is 4.90 Å². The van der Waals surface area contributed by atoms with E-state index in [-0.39, 0.29) is 0 Å². The van der Waals surface area contributed by atoms with Gasteiger partial charge in [-0.05, 0) is 14.1 Å². The van der Waals surface area contributed by atoms with E-state index in [0.29, 0.717) is 6.54 Å². The standard InChI is InChI=1S/C6H9N3/c1-9(2)5-6(3-7)4-8/h6H,5H2,1-2H3. The van der Waals surface area contributed by atoms with Gasteiger partial charge in [-0.1, -0.05) is 0 Å². The lowest BCUT2D eigenvalue weighted by Crippen LogP contribution is -2.19. The number of nitrogens with zero attached hydrogens (tertiary/aromatic N) is 3. The van der Waals surface area contributed by atoms with Crippen molar-refractivity contribution in [2.45, 2.75) is 0 Å². The van der Waals surface area contributed by atoms with E-state index in [1.165, 1.54) is 0 Å². The van der Waals surface area contributed by atoms with E-state index in [1.807, 2.05) is 31.1 Å². The highest BCUT2D eigenvalue weighted by atomic mass is 15.1. The third-order valence-electron chi connectivity index (χ3n) is 0.859. The van der Waals surface area contributed by atoms with Crippen LogP contribution in [0.3, 0.4) is 0 Å². The van der Waals surface area contributed by atoms with Crippen molar-refractivity contribution in [3.8, 4) is 12.1 Å². The first kappa shape index (κ1) is 7.94. The lowest BCUT2D eigenvalue weighted by atomic mass is 10.2. The lowest BCUT2D eigenvalue weighted by Gasteiger charge is -2.07. The molecule has 0 heterocycles. The van der Waals surface area contributed by atoms with E-state index in [9.17, 15) is 0 Å². The van der Waals surface area contributed by atoms with Gasteiger partial charge in [0.1, 0.15) is 5.92 Å². The van der Waals surface area contributed by atoms with Crippen LogP contribution in [0.5, 0.6) is 0 Å². The van der Waals surface area contributed by atoms with Crippen LogP contribution < -0.4 is 0 Å². The largest absolute Gasteiger partial charge is 0.307 e. The lowest BCUT2D eigenvalue weighted by molar-refractivity contribution is 0.391. The third kappa shape index (κ3) is 3.52. The zero-order chi connectivity index (χ0) is 7.28. The molecule has 9 heavy (non-hydrogen) atoms. The van der Waals surface area contributed by atoms with Gasteiger partial charge in [-0.15, -0.1) is 0 Å². The van der Waals surface area contributed by atoms with Gasteiger partial charge in [0.15, 0.2) is 0 Å². The molecule has 0 radical (unpaired) electrons. The Labute approximate surface area is 55.1 Å². The predicted molar refractivity (Wildman–Crippen MR) is 33.3 cm³/mol. The van der Waals surface area contributed by atoms with Crippen molar-refractivity contribution < 1.29 is 0 Å². The molecule has 0 amide bonds. The molecule has 0 spiro atoms. The van der Waals surface area contributed by atoms with E-state index in [0.717, 1.165) is 0 Å². The van der Waals surface area contributed by atoms with Crippen LogP contribution in [0.25, 0.3) is 0 Å². The minimum Gasteiger partial charge on any atom is -0.307 e. The van der Waals surface area contributed by atoms with Gasteiger partial charge in [0.25, 0.3) is 0 Å². The normalized spacial score (nSPS) is 9.11. The fourth-order valence-electron chi connectivity index (χ4n) is 0.476. The fourth-order valence-corrected chi connectivity index (χ4v) is 0.476. The molecule has 0 aliphatic rings. The molecular weight excluding hydrogens is 114 g/mol. The molecule has 3 nitrogen and oxygen atoms in total. The zero-order valence-corrected chi connectivity index (χ0v) is 5.63. The smallest absolute Gasteiger partial charge is 0.145 e. The van der Waals surface area contributed by atoms with Crippen molar-refractivity contribution in [3.63, 3.8) is 0 Å². The van der Waals surface area contributed by atoms with Crippen LogP contribution in [0.4, 0.5) is 0 Å². The van der Waals surface area contributed by atoms with Crippen LogP contribution in [0, 0.1) is 28.6 Å². The zero-order valence-electron chi connectivity index (χ0n) is 5.63. The van der Waals surface area contributed by atoms with E-state index < -0.39 is 5.92 Å². The maximum absolute atomic E-state index is 8.28. The summed E-state index contributed by atoms with van der Waals surface area (Å²) in [6.07, 6.45) is 0. The second kappa shape index (κ2) is 3.88. The quantitative estimate of drug-likeness (QED) is 0.527. The highest BCUT2D eigenvalue weighted by Crippen LogP contribution is 1.91. The summed E-state index contributed by atoms with van der Waals surface area (Å²) in [6, 6.07) is 3.76. The molecule has 0 bridgehead atoms. The average molecular weight is 123 g/mol. The van der Waals surface area contributed by atoms with Crippen LogP contribution in [-0.2, 0) is 0 Å². The van der Waals surface area contributed by atoms with Gasteiger partial charge in [0.2, 0.25) is 0 Å². The van der Waals surface area contributed by atoms with Gasteiger partial charge in [0, 0.05) is 6.54 Å². The second-order valence-corrected chi connectivity index (χ2v) is 2.07. The summed E-state index contributed by atoms with van der Waals surface area (Å²) in [5, 5.41) is 16.6. The van der Waals surface area contributed by atoms with Crippen LogP contribution in [-0.4, -0.2) is 25.5 Å². The number of hydrogen-bond donors (Lipinski definition) is 0.